The second-order valence-electron chi connectivity index (χ2n) is 7.41. The van der Waals surface area contributed by atoms with Crippen LogP contribution in [0.2, 0.25) is 0 Å². The molecule has 2 atom stereocenters. The molecule has 10 nitrogen and oxygen atoms in total. The lowest BCUT2D eigenvalue weighted by Gasteiger charge is -2.12. The van der Waals surface area contributed by atoms with Gasteiger partial charge in [-0.15, -0.1) is 5.10 Å². The minimum absolute atomic E-state index is 0.0966. The third-order valence-electron chi connectivity index (χ3n) is 5.48. The predicted molar refractivity (Wildman–Crippen MR) is 110 cm³/mol. The van der Waals surface area contributed by atoms with Crippen molar-refractivity contribution in [2.75, 3.05) is 12.4 Å². The molecule has 2 unspecified atom stereocenters. The number of rotatable bonds is 5. The second-order valence-corrected chi connectivity index (χ2v) is 7.41. The van der Waals surface area contributed by atoms with Gasteiger partial charge in [0, 0.05) is 23.4 Å². The molecular formula is C20H20N8O2. The Balaban J connectivity index is 1.46. The van der Waals surface area contributed by atoms with Crippen LogP contribution in [0.4, 0.5) is 5.95 Å². The summed E-state index contributed by atoms with van der Waals surface area (Å²) in [7, 11) is 1.63. The maximum absolute atomic E-state index is 11.4. The summed E-state index contributed by atoms with van der Waals surface area (Å²) in [6.45, 7) is 0. The minimum atomic E-state index is -0.251. The summed E-state index contributed by atoms with van der Waals surface area (Å²) < 4.78 is 6.89. The Kier molecular flexibility index (Phi) is 4.38. The van der Waals surface area contributed by atoms with Crippen molar-refractivity contribution in [3.05, 3.63) is 36.7 Å². The maximum Gasteiger partial charge on any atom is 0.225 e. The predicted octanol–water partition coefficient (Wildman–Crippen LogP) is 1.83. The monoisotopic (exact) mass is 404 g/mol. The number of carbonyl (C=O) groups is 1. The lowest BCUT2D eigenvalue weighted by Crippen LogP contribution is -2.23. The van der Waals surface area contributed by atoms with E-state index in [4.69, 9.17) is 10.5 Å². The third-order valence-corrected chi connectivity index (χ3v) is 5.48. The zero-order chi connectivity index (χ0) is 20.7. The van der Waals surface area contributed by atoms with Crippen LogP contribution in [0.15, 0.2) is 36.7 Å². The highest BCUT2D eigenvalue weighted by Crippen LogP contribution is 2.27. The summed E-state index contributed by atoms with van der Waals surface area (Å²) in [5.41, 5.74) is 8.15. The molecule has 1 aliphatic carbocycles. The molecule has 1 amide bonds. The number of hydrogen-bond acceptors (Lipinski definition) is 8. The van der Waals surface area contributed by atoms with Crippen LogP contribution in [-0.2, 0) is 4.79 Å². The molecule has 1 saturated carbocycles. The molecule has 152 valence electrons. The number of amides is 1. The summed E-state index contributed by atoms with van der Waals surface area (Å²) in [5.74, 6) is 0.877. The van der Waals surface area contributed by atoms with Crippen LogP contribution in [0.5, 0.6) is 5.75 Å². The van der Waals surface area contributed by atoms with Gasteiger partial charge in [-0.2, -0.15) is 9.67 Å². The average Bonchev–Trinajstić information content (AvgIpc) is 3.40. The number of hydrogen-bond donors (Lipinski definition) is 2. The number of methoxy groups -OCH3 is 1. The number of benzene rings is 1. The number of nitrogens with zero attached hydrogens (tertiary/aromatic N) is 6. The molecule has 1 aromatic carbocycles. The average molecular weight is 404 g/mol. The van der Waals surface area contributed by atoms with Crippen molar-refractivity contribution < 1.29 is 9.53 Å². The van der Waals surface area contributed by atoms with Gasteiger partial charge < -0.3 is 15.8 Å². The lowest BCUT2D eigenvalue weighted by molar-refractivity contribution is -0.121. The standard InChI is InChI=1S/C20H20N8O2/c1-30-15-5-3-11-7-14(9-22-16(11)8-15)28-19-17(26-27-28)10-23-20(25-19)24-13-4-2-12(6-13)18(21)29/h3,5,7-10,12-13H,2,4,6H2,1H3,(H2,21,29)(H,23,24,25). The Morgan fingerprint density at radius 1 is 1.20 bits per heavy atom. The number of anilines is 1. The number of pyridine rings is 1. The van der Waals surface area contributed by atoms with Crippen LogP contribution in [0.25, 0.3) is 27.8 Å². The molecule has 0 radical (unpaired) electrons. The fraction of sp³-hybridized carbons (Fsp3) is 0.300. The summed E-state index contributed by atoms with van der Waals surface area (Å²) in [6.07, 6.45) is 5.67. The first-order valence-electron chi connectivity index (χ1n) is 9.69. The van der Waals surface area contributed by atoms with Crippen LogP contribution in [0.3, 0.4) is 0 Å². The maximum atomic E-state index is 11.4. The number of aromatic nitrogens is 6. The molecule has 3 heterocycles. The minimum Gasteiger partial charge on any atom is -0.497 e. The normalized spacial score (nSPS) is 18.7. The summed E-state index contributed by atoms with van der Waals surface area (Å²) in [5, 5.41) is 12.6. The molecule has 1 fully saturated rings. The van der Waals surface area contributed by atoms with Gasteiger partial charge in [-0.3, -0.25) is 9.78 Å². The van der Waals surface area contributed by atoms with Crippen molar-refractivity contribution in [2.24, 2.45) is 11.7 Å². The van der Waals surface area contributed by atoms with E-state index < -0.39 is 0 Å². The lowest BCUT2D eigenvalue weighted by atomic mass is 10.1. The Hall–Kier alpha value is -3.82. The van der Waals surface area contributed by atoms with E-state index in [1.165, 1.54) is 0 Å². The molecule has 10 heteroatoms. The van der Waals surface area contributed by atoms with E-state index >= 15 is 0 Å². The molecule has 4 aromatic rings. The smallest absolute Gasteiger partial charge is 0.225 e. The fourth-order valence-electron chi connectivity index (χ4n) is 3.86. The van der Waals surface area contributed by atoms with E-state index in [-0.39, 0.29) is 17.9 Å². The Morgan fingerprint density at radius 2 is 2.10 bits per heavy atom. The van der Waals surface area contributed by atoms with Crippen molar-refractivity contribution in [1.82, 2.24) is 29.9 Å². The SMILES string of the molecule is COc1ccc2cc(-n3nnc4cnc(NC5CCC(C(N)=O)C5)nc43)cnc2c1. The summed E-state index contributed by atoms with van der Waals surface area (Å²) in [4.78, 5) is 24.8. The van der Waals surface area contributed by atoms with E-state index in [9.17, 15) is 4.79 Å². The molecule has 0 spiro atoms. The molecule has 0 saturated heterocycles. The molecule has 0 bridgehead atoms. The Morgan fingerprint density at radius 3 is 2.90 bits per heavy atom. The van der Waals surface area contributed by atoms with Gasteiger partial charge in [0.15, 0.2) is 11.2 Å². The summed E-state index contributed by atoms with van der Waals surface area (Å²) in [6, 6.07) is 7.80. The summed E-state index contributed by atoms with van der Waals surface area (Å²) >= 11 is 0. The van der Waals surface area contributed by atoms with Gasteiger partial charge in [-0.25, -0.2) is 4.98 Å². The molecular weight excluding hydrogens is 384 g/mol. The van der Waals surface area contributed by atoms with Gasteiger partial charge in [-0.05, 0) is 37.5 Å². The highest BCUT2D eigenvalue weighted by molar-refractivity contribution is 5.82. The first-order chi connectivity index (χ1) is 14.6. The van der Waals surface area contributed by atoms with Gasteiger partial charge in [-0.1, -0.05) is 5.21 Å². The van der Waals surface area contributed by atoms with Crippen molar-refractivity contribution in [2.45, 2.75) is 25.3 Å². The van der Waals surface area contributed by atoms with Gasteiger partial charge in [0.25, 0.3) is 0 Å². The van der Waals surface area contributed by atoms with Gasteiger partial charge in [0.2, 0.25) is 11.9 Å². The van der Waals surface area contributed by atoms with Crippen LogP contribution in [0, 0.1) is 5.92 Å². The van der Waals surface area contributed by atoms with Gasteiger partial charge >= 0.3 is 0 Å². The van der Waals surface area contributed by atoms with E-state index in [0.717, 1.165) is 35.2 Å². The topological polar surface area (TPSA) is 134 Å². The molecule has 3 N–H and O–H groups in total. The van der Waals surface area contributed by atoms with Crippen LogP contribution in [0.1, 0.15) is 19.3 Å². The van der Waals surface area contributed by atoms with E-state index in [0.29, 0.717) is 23.5 Å². The van der Waals surface area contributed by atoms with E-state index in [1.807, 2.05) is 24.3 Å². The molecule has 30 heavy (non-hydrogen) atoms. The van der Waals surface area contributed by atoms with Crippen LogP contribution in [-0.4, -0.2) is 49.0 Å². The first-order valence-corrected chi connectivity index (χ1v) is 9.69. The van der Waals surface area contributed by atoms with Crippen molar-refractivity contribution in [3.8, 4) is 11.4 Å². The third kappa shape index (κ3) is 3.25. The zero-order valence-corrected chi connectivity index (χ0v) is 16.3. The first kappa shape index (κ1) is 18.2. The highest BCUT2D eigenvalue weighted by atomic mass is 16.5. The van der Waals surface area contributed by atoms with Crippen molar-refractivity contribution in [1.29, 1.82) is 0 Å². The number of ether oxygens (including phenoxy) is 1. The highest BCUT2D eigenvalue weighted by Gasteiger charge is 2.28. The molecule has 1 aliphatic rings. The Labute approximate surface area is 171 Å². The van der Waals surface area contributed by atoms with E-state index in [2.05, 4.69) is 30.6 Å². The number of primary amides is 1. The fourth-order valence-corrected chi connectivity index (χ4v) is 3.86. The molecule has 3 aromatic heterocycles. The molecule has 0 aliphatic heterocycles. The van der Waals surface area contributed by atoms with Crippen molar-refractivity contribution >= 4 is 33.9 Å². The zero-order valence-electron chi connectivity index (χ0n) is 16.3. The molecule has 5 rings (SSSR count). The van der Waals surface area contributed by atoms with Gasteiger partial charge in [0.1, 0.15) is 5.75 Å². The second kappa shape index (κ2) is 7.21. The van der Waals surface area contributed by atoms with E-state index in [1.54, 1.807) is 24.2 Å². The van der Waals surface area contributed by atoms with Crippen LogP contribution < -0.4 is 15.8 Å². The van der Waals surface area contributed by atoms with Crippen molar-refractivity contribution in [3.63, 3.8) is 0 Å². The van der Waals surface area contributed by atoms with Gasteiger partial charge in [0.05, 0.1) is 30.7 Å². The quantitative estimate of drug-likeness (QED) is 0.515. The van der Waals surface area contributed by atoms with Crippen LogP contribution >= 0.6 is 0 Å². The number of nitrogens with one attached hydrogen (secondary N) is 1. The largest absolute Gasteiger partial charge is 0.497 e. The number of fused-ring (bicyclic) bond motifs is 2. The number of nitrogens with two attached hydrogens (primary N) is 1. The Bertz CT molecular complexity index is 1250. The number of carbonyl (C=O) groups excluding carboxylic acids is 1.